The van der Waals surface area contributed by atoms with Crippen LogP contribution in [-0.2, 0) is 0 Å². The summed E-state index contributed by atoms with van der Waals surface area (Å²) >= 11 is 5.72. The molecule has 1 rings (SSSR count). The number of ether oxygens (including phenoxy) is 1. The van der Waals surface area contributed by atoms with Crippen LogP contribution in [0, 0.1) is 5.41 Å². The van der Waals surface area contributed by atoms with Gasteiger partial charge in [-0.05, 0) is 42.9 Å². The number of alkyl halides is 1. The molecule has 0 fully saturated rings. The van der Waals surface area contributed by atoms with Crippen LogP contribution in [0.4, 0.5) is 0 Å². The fraction of sp³-hybridized carbons (Fsp3) is 0.588. The van der Waals surface area contributed by atoms with Crippen molar-refractivity contribution in [3.8, 4) is 5.75 Å². The smallest absolute Gasteiger partial charge is 0.251 e. The molecular formula is C17H26ClNO2. The van der Waals surface area contributed by atoms with E-state index in [-0.39, 0.29) is 11.3 Å². The minimum absolute atomic E-state index is 0.0564. The van der Waals surface area contributed by atoms with Gasteiger partial charge < -0.3 is 10.1 Å². The Balaban J connectivity index is 2.55. The Hall–Kier alpha value is -1.22. The van der Waals surface area contributed by atoms with Crippen molar-refractivity contribution in [2.45, 2.75) is 40.0 Å². The number of nitrogens with one attached hydrogen (secondary N) is 1. The third kappa shape index (κ3) is 6.85. The molecule has 3 nitrogen and oxygen atoms in total. The molecule has 0 bridgehead atoms. The zero-order valence-electron chi connectivity index (χ0n) is 13.2. The predicted octanol–water partition coefficient (Wildman–Crippen LogP) is 4.25. The first-order chi connectivity index (χ1) is 9.98. The summed E-state index contributed by atoms with van der Waals surface area (Å²) in [4.78, 5) is 12.2. The summed E-state index contributed by atoms with van der Waals surface area (Å²) in [5.74, 6) is 1.34. The van der Waals surface area contributed by atoms with Gasteiger partial charge in [-0.1, -0.05) is 26.8 Å². The lowest BCUT2D eigenvalue weighted by atomic mass is 9.88. The summed E-state index contributed by atoms with van der Waals surface area (Å²) in [6.07, 6.45) is 2.91. The number of hydrogen-bond donors (Lipinski definition) is 1. The quantitative estimate of drug-likeness (QED) is 0.692. The Morgan fingerprint density at radius 2 is 2.14 bits per heavy atom. The van der Waals surface area contributed by atoms with Gasteiger partial charge in [0.2, 0.25) is 0 Å². The summed E-state index contributed by atoms with van der Waals surface area (Å²) in [5, 5.41) is 2.99. The van der Waals surface area contributed by atoms with Crippen molar-refractivity contribution in [2.24, 2.45) is 5.41 Å². The second kappa shape index (κ2) is 8.93. The largest absolute Gasteiger partial charge is 0.494 e. The zero-order chi connectivity index (χ0) is 15.7. The van der Waals surface area contributed by atoms with Gasteiger partial charge in [-0.2, -0.15) is 0 Å². The highest BCUT2D eigenvalue weighted by atomic mass is 35.5. The molecule has 1 aromatic rings. The lowest BCUT2D eigenvalue weighted by molar-refractivity contribution is 0.0934. The number of hydrogen-bond acceptors (Lipinski definition) is 2. The van der Waals surface area contributed by atoms with Gasteiger partial charge in [0.05, 0.1) is 6.61 Å². The molecule has 0 saturated heterocycles. The lowest BCUT2D eigenvalue weighted by Gasteiger charge is -2.24. The van der Waals surface area contributed by atoms with Crippen LogP contribution < -0.4 is 10.1 Å². The van der Waals surface area contributed by atoms with E-state index in [9.17, 15) is 4.79 Å². The Bertz CT molecular complexity index is 446. The van der Waals surface area contributed by atoms with Crippen LogP contribution in [-0.4, -0.2) is 24.9 Å². The van der Waals surface area contributed by atoms with Gasteiger partial charge in [0, 0.05) is 18.0 Å². The fourth-order valence-electron chi connectivity index (χ4n) is 2.00. The van der Waals surface area contributed by atoms with Gasteiger partial charge in [0.25, 0.3) is 5.91 Å². The highest BCUT2D eigenvalue weighted by Crippen LogP contribution is 2.21. The maximum Gasteiger partial charge on any atom is 0.251 e. The average molecular weight is 312 g/mol. The highest BCUT2D eigenvalue weighted by Gasteiger charge is 2.18. The third-order valence-corrected chi connectivity index (χ3v) is 3.55. The van der Waals surface area contributed by atoms with E-state index in [0.717, 1.165) is 25.0 Å². The van der Waals surface area contributed by atoms with Crippen LogP contribution in [0.1, 0.15) is 50.4 Å². The molecule has 1 aromatic carbocycles. The number of carbonyl (C=O) groups is 1. The van der Waals surface area contributed by atoms with E-state index < -0.39 is 0 Å². The molecule has 1 N–H and O–H groups in total. The molecule has 0 aliphatic rings. The van der Waals surface area contributed by atoms with E-state index >= 15 is 0 Å². The van der Waals surface area contributed by atoms with E-state index in [1.54, 1.807) is 12.1 Å². The number of halogens is 1. The Kier molecular flexibility index (Phi) is 7.58. The van der Waals surface area contributed by atoms with Crippen molar-refractivity contribution in [1.29, 1.82) is 0 Å². The standard InChI is InChI=1S/C17H26ClNO2/c1-4-11-21-15-8-5-7-14(12-15)16(20)19-13-17(2,3)9-6-10-18/h5,7-8,12H,4,6,9-11,13H2,1-3H3,(H,19,20). The van der Waals surface area contributed by atoms with Crippen molar-refractivity contribution >= 4 is 17.5 Å². The second-order valence-corrected chi connectivity index (χ2v) is 6.39. The van der Waals surface area contributed by atoms with E-state index in [4.69, 9.17) is 16.3 Å². The van der Waals surface area contributed by atoms with Gasteiger partial charge >= 0.3 is 0 Å². The zero-order valence-corrected chi connectivity index (χ0v) is 14.0. The summed E-state index contributed by atoms with van der Waals surface area (Å²) < 4.78 is 5.55. The highest BCUT2D eigenvalue weighted by molar-refractivity contribution is 6.17. The van der Waals surface area contributed by atoms with E-state index in [0.29, 0.717) is 24.6 Å². The van der Waals surface area contributed by atoms with Crippen molar-refractivity contribution in [3.63, 3.8) is 0 Å². The van der Waals surface area contributed by atoms with Crippen LogP contribution in [0.15, 0.2) is 24.3 Å². The number of benzene rings is 1. The predicted molar refractivity (Wildman–Crippen MR) is 88.3 cm³/mol. The fourth-order valence-corrected chi connectivity index (χ4v) is 2.14. The molecule has 0 aromatic heterocycles. The molecule has 0 aliphatic carbocycles. The van der Waals surface area contributed by atoms with Crippen LogP contribution >= 0.6 is 11.6 Å². The molecule has 0 aliphatic heterocycles. The first-order valence-electron chi connectivity index (χ1n) is 7.55. The van der Waals surface area contributed by atoms with Gasteiger partial charge in [-0.25, -0.2) is 0 Å². The van der Waals surface area contributed by atoms with Gasteiger partial charge in [0.15, 0.2) is 0 Å². The number of carbonyl (C=O) groups excluding carboxylic acids is 1. The van der Waals surface area contributed by atoms with Crippen molar-refractivity contribution < 1.29 is 9.53 Å². The molecule has 0 heterocycles. The molecular weight excluding hydrogens is 286 g/mol. The van der Waals surface area contributed by atoms with Crippen LogP contribution in [0.2, 0.25) is 0 Å². The van der Waals surface area contributed by atoms with E-state index in [1.165, 1.54) is 0 Å². The van der Waals surface area contributed by atoms with Gasteiger partial charge in [-0.15, -0.1) is 11.6 Å². The van der Waals surface area contributed by atoms with Crippen LogP contribution in [0.25, 0.3) is 0 Å². The normalized spacial score (nSPS) is 11.2. The minimum Gasteiger partial charge on any atom is -0.494 e. The summed E-state index contributed by atoms with van der Waals surface area (Å²) in [6.45, 7) is 7.64. The molecule has 0 radical (unpaired) electrons. The minimum atomic E-state index is -0.0594. The van der Waals surface area contributed by atoms with Crippen LogP contribution in [0.3, 0.4) is 0 Å². The maximum absolute atomic E-state index is 12.2. The molecule has 21 heavy (non-hydrogen) atoms. The molecule has 118 valence electrons. The third-order valence-electron chi connectivity index (χ3n) is 3.28. The van der Waals surface area contributed by atoms with Crippen molar-refractivity contribution in [2.75, 3.05) is 19.0 Å². The first-order valence-corrected chi connectivity index (χ1v) is 8.09. The number of amides is 1. The molecule has 0 saturated carbocycles. The molecule has 1 amide bonds. The Morgan fingerprint density at radius 3 is 2.81 bits per heavy atom. The number of rotatable bonds is 9. The van der Waals surface area contributed by atoms with E-state index in [1.807, 2.05) is 12.1 Å². The van der Waals surface area contributed by atoms with Crippen LogP contribution in [0.5, 0.6) is 5.75 Å². The lowest BCUT2D eigenvalue weighted by Crippen LogP contribution is -2.34. The molecule has 0 spiro atoms. The van der Waals surface area contributed by atoms with E-state index in [2.05, 4.69) is 26.1 Å². The monoisotopic (exact) mass is 311 g/mol. The summed E-state index contributed by atoms with van der Waals surface area (Å²) in [6, 6.07) is 7.31. The molecule has 4 heteroatoms. The Morgan fingerprint density at radius 1 is 1.38 bits per heavy atom. The maximum atomic E-state index is 12.2. The van der Waals surface area contributed by atoms with Crippen molar-refractivity contribution in [3.05, 3.63) is 29.8 Å². The first kappa shape index (κ1) is 17.8. The summed E-state index contributed by atoms with van der Waals surface area (Å²) in [7, 11) is 0. The summed E-state index contributed by atoms with van der Waals surface area (Å²) in [5.41, 5.74) is 0.692. The second-order valence-electron chi connectivity index (χ2n) is 6.02. The SMILES string of the molecule is CCCOc1cccc(C(=O)NCC(C)(C)CCCCl)c1. The topological polar surface area (TPSA) is 38.3 Å². The Labute approximate surface area is 133 Å². The molecule has 0 unspecified atom stereocenters. The van der Waals surface area contributed by atoms with Gasteiger partial charge in [0.1, 0.15) is 5.75 Å². The average Bonchev–Trinajstić information content (AvgIpc) is 2.49. The van der Waals surface area contributed by atoms with Crippen molar-refractivity contribution in [1.82, 2.24) is 5.32 Å². The molecule has 0 atom stereocenters. The van der Waals surface area contributed by atoms with Gasteiger partial charge in [-0.3, -0.25) is 4.79 Å².